The number of nitrogens with zero attached hydrogens (tertiary/aromatic N) is 1. The Kier molecular flexibility index (Phi) is 9.43. The number of rotatable bonds is 9. The summed E-state index contributed by atoms with van der Waals surface area (Å²) in [7, 11) is 3.49. The maximum Gasteiger partial charge on any atom is 0.191 e. The average Bonchev–Trinajstić information content (AvgIpc) is 3.35. The van der Waals surface area contributed by atoms with Crippen LogP contribution in [0.1, 0.15) is 31.7 Å². The molecule has 0 heterocycles. The topological polar surface area (TPSA) is 54.9 Å². The lowest BCUT2D eigenvalue weighted by atomic mass is 10.0. The quantitative estimate of drug-likeness (QED) is 0.264. The van der Waals surface area contributed by atoms with Gasteiger partial charge in [0.2, 0.25) is 0 Å². The van der Waals surface area contributed by atoms with Crippen LogP contribution in [0, 0.1) is 5.41 Å². The van der Waals surface area contributed by atoms with Crippen LogP contribution in [0.4, 0.5) is 0 Å². The van der Waals surface area contributed by atoms with Crippen LogP contribution in [-0.4, -0.2) is 39.9 Å². The molecule has 0 saturated heterocycles. The maximum atomic E-state index is 5.48. The fourth-order valence-corrected chi connectivity index (χ4v) is 2.58. The van der Waals surface area contributed by atoms with Gasteiger partial charge in [0.1, 0.15) is 5.75 Å². The van der Waals surface area contributed by atoms with Gasteiger partial charge in [-0.15, -0.1) is 24.0 Å². The first-order valence-electron chi connectivity index (χ1n) is 8.36. The summed E-state index contributed by atoms with van der Waals surface area (Å²) in [6.07, 6.45) is 3.68. The van der Waals surface area contributed by atoms with Gasteiger partial charge in [0.15, 0.2) is 5.96 Å². The van der Waals surface area contributed by atoms with Crippen LogP contribution in [0.3, 0.4) is 0 Å². The van der Waals surface area contributed by atoms with Crippen molar-refractivity contribution in [1.82, 2.24) is 10.6 Å². The van der Waals surface area contributed by atoms with Crippen molar-refractivity contribution in [3.63, 3.8) is 0 Å². The van der Waals surface area contributed by atoms with Gasteiger partial charge in [0, 0.05) is 33.4 Å². The van der Waals surface area contributed by atoms with Crippen molar-refractivity contribution in [2.45, 2.75) is 32.7 Å². The summed E-state index contributed by atoms with van der Waals surface area (Å²) < 4.78 is 10.7. The standard InChI is InChI=1S/C18H29N3O2.HI/c1-4-23-11-10-18(8-9-18)14-21-17(19-2)20-13-15-6-5-7-16(12-15)22-3;/h5-7,12H,4,8-11,13-14H2,1-3H3,(H2,19,20,21);1H. The normalized spacial score (nSPS) is 15.4. The highest BCUT2D eigenvalue weighted by Gasteiger charge is 2.41. The molecule has 1 aliphatic carbocycles. The molecular formula is C18H30IN3O2. The Labute approximate surface area is 162 Å². The number of nitrogens with one attached hydrogen (secondary N) is 2. The highest BCUT2D eigenvalue weighted by molar-refractivity contribution is 14.0. The fraction of sp³-hybridized carbons (Fsp3) is 0.611. The molecular weight excluding hydrogens is 417 g/mol. The van der Waals surface area contributed by atoms with Crippen molar-refractivity contribution in [3.05, 3.63) is 29.8 Å². The Hall–Kier alpha value is -1.02. The van der Waals surface area contributed by atoms with E-state index in [1.807, 2.05) is 25.1 Å². The number of guanidine groups is 1. The summed E-state index contributed by atoms with van der Waals surface area (Å²) in [6, 6.07) is 8.06. The summed E-state index contributed by atoms with van der Waals surface area (Å²) in [5.41, 5.74) is 1.58. The van der Waals surface area contributed by atoms with Crippen molar-refractivity contribution >= 4 is 29.9 Å². The third-order valence-corrected chi connectivity index (χ3v) is 4.39. The minimum Gasteiger partial charge on any atom is -0.497 e. The molecule has 2 N–H and O–H groups in total. The fourth-order valence-electron chi connectivity index (χ4n) is 2.58. The first kappa shape index (κ1) is 21.0. The van der Waals surface area contributed by atoms with E-state index >= 15 is 0 Å². The Morgan fingerprint density at radius 1 is 1.29 bits per heavy atom. The zero-order chi connectivity index (χ0) is 16.5. The summed E-state index contributed by atoms with van der Waals surface area (Å²) in [5.74, 6) is 1.72. The van der Waals surface area contributed by atoms with Crippen LogP contribution in [0.15, 0.2) is 29.3 Å². The number of ether oxygens (including phenoxy) is 2. The van der Waals surface area contributed by atoms with E-state index in [1.54, 1.807) is 14.2 Å². The molecule has 1 aromatic carbocycles. The van der Waals surface area contributed by atoms with E-state index in [0.29, 0.717) is 5.41 Å². The van der Waals surface area contributed by atoms with Crippen molar-refractivity contribution < 1.29 is 9.47 Å². The maximum absolute atomic E-state index is 5.48. The number of halogens is 1. The molecule has 136 valence electrons. The second-order valence-electron chi connectivity index (χ2n) is 6.08. The molecule has 24 heavy (non-hydrogen) atoms. The van der Waals surface area contributed by atoms with Gasteiger partial charge >= 0.3 is 0 Å². The van der Waals surface area contributed by atoms with Crippen molar-refractivity contribution in [2.75, 3.05) is 33.9 Å². The minimum atomic E-state index is 0. The van der Waals surface area contributed by atoms with Gasteiger partial charge in [-0.3, -0.25) is 4.99 Å². The number of methoxy groups -OCH3 is 1. The zero-order valence-electron chi connectivity index (χ0n) is 14.9. The summed E-state index contributed by atoms with van der Waals surface area (Å²) in [5, 5.41) is 6.81. The van der Waals surface area contributed by atoms with Gasteiger partial charge in [0.05, 0.1) is 7.11 Å². The lowest BCUT2D eigenvalue weighted by molar-refractivity contribution is 0.128. The van der Waals surface area contributed by atoms with E-state index in [2.05, 4.69) is 21.7 Å². The van der Waals surface area contributed by atoms with E-state index in [9.17, 15) is 0 Å². The molecule has 6 heteroatoms. The van der Waals surface area contributed by atoms with Crippen LogP contribution in [0.2, 0.25) is 0 Å². The van der Waals surface area contributed by atoms with Crippen molar-refractivity contribution in [2.24, 2.45) is 10.4 Å². The largest absolute Gasteiger partial charge is 0.497 e. The molecule has 2 rings (SSSR count). The molecule has 0 spiro atoms. The number of aliphatic imine (C=N–C) groups is 1. The first-order valence-corrected chi connectivity index (χ1v) is 8.36. The lowest BCUT2D eigenvalue weighted by Gasteiger charge is -2.18. The SMILES string of the molecule is CCOCCC1(CNC(=NC)NCc2cccc(OC)c2)CC1.I. The van der Waals surface area contributed by atoms with E-state index in [4.69, 9.17) is 9.47 Å². The van der Waals surface area contributed by atoms with Crippen molar-refractivity contribution in [1.29, 1.82) is 0 Å². The molecule has 0 aromatic heterocycles. The van der Waals surface area contributed by atoms with Crippen molar-refractivity contribution in [3.8, 4) is 5.75 Å². The molecule has 1 fully saturated rings. The molecule has 0 aliphatic heterocycles. The molecule has 1 saturated carbocycles. The predicted molar refractivity (Wildman–Crippen MR) is 109 cm³/mol. The summed E-state index contributed by atoms with van der Waals surface area (Å²) in [6.45, 7) is 5.38. The van der Waals surface area contributed by atoms with Crippen LogP contribution >= 0.6 is 24.0 Å². The first-order chi connectivity index (χ1) is 11.2. The third-order valence-electron chi connectivity index (χ3n) is 4.39. The van der Waals surface area contributed by atoms with Crippen LogP contribution in [0.25, 0.3) is 0 Å². The Balaban J connectivity index is 0.00000288. The molecule has 0 radical (unpaired) electrons. The molecule has 0 bridgehead atoms. The highest BCUT2D eigenvalue weighted by Crippen LogP contribution is 2.48. The molecule has 1 aromatic rings. The van der Waals surface area contributed by atoms with Gasteiger partial charge in [-0.05, 0) is 49.3 Å². The second kappa shape index (κ2) is 10.8. The average molecular weight is 447 g/mol. The van der Waals surface area contributed by atoms with Gasteiger partial charge in [-0.2, -0.15) is 0 Å². The zero-order valence-corrected chi connectivity index (χ0v) is 17.3. The van der Waals surface area contributed by atoms with Gasteiger partial charge < -0.3 is 20.1 Å². The molecule has 0 amide bonds. The number of hydrogen-bond donors (Lipinski definition) is 2. The molecule has 1 aliphatic rings. The monoisotopic (exact) mass is 447 g/mol. The van der Waals surface area contributed by atoms with Crippen LogP contribution < -0.4 is 15.4 Å². The molecule has 0 unspecified atom stereocenters. The number of benzene rings is 1. The Morgan fingerprint density at radius 2 is 2.08 bits per heavy atom. The third kappa shape index (κ3) is 6.84. The van der Waals surface area contributed by atoms with Gasteiger partial charge in [0.25, 0.3) is 0 Å². The van der Waals surface area contributed by atoms with E-state index in [-0.39, 0.29) is 24.0 Å². The van der Waals surface area contributed by atoms with E-state index in [1.165, 1.54) is 18.4 Å². The highest BCUT2D eigenvalue weighted by atomic mass is 127. The second-order valence-corrected chi connectivity index (χ2v) is 6.08. The smallest absolute Gasteiger partial charge is 0.191 e. The van der Waals surface area contributed by atoms with Gasteiger partial charge in [-0.25, -0.2) is 0 Å². The van der Waals surface area contributed by atoms with Crippen LogP contribution in [-0.2, 0) is 11.3 Å². The Bertz CT molecular complexity index is 519. The van der Waals surface area contributed by atoms with Gasteiger partial charge in [-0.1, -0.05) is 12.1 Å². The van der Waals surface area contributed by atoms with Crippen LogP contribution in [0.5, 0.6) is 5.75 Å². The van der Waals surface area contributed by atoms with E-state index in [0.717, 1.165) is 44.4 Å². The van der Waals surface area contributed by atoms with E-state index < -0.39 is 0 Å². The summed E-state index contributed by atoms with van der Waals surface area (Å²) >= 11 is 0. The predicted octanol–water partition coefficient (Wildman–Crippen LogP) is 3.19. The minimum absolute atomic E-state index is 0. The lowest BCUT2D eigenvalue weighted by Crippen LogP contribution is -2.40. The molecule has 0 atom stereocenters. The molecule has 5 nitrogen and oxygen atoms in total. The summed E-state index contributed by atoms with van der Waals surface area (Å²) in [4.78, 5) is 4.30. The number of hydrogen-bond acceptors (Lipinski definition) is 3. The Morgan fingerprint density at radius 3 is 2.71 bits per heavy atom.